The standard InChI is InChI=1S/C15H17N3O2/c16-8-12-7-10-3-1-5-13(10)17-14(12)18-6-2-4-11(9-18)15(19)20/h7,11H,1-6,9H2,(H,19,20). The van der Waals surface area contributed by atoms with E-state index in [-0.39, 0.29) is 5.92 Å². The monoisotopic (exact) mass is 271 g/mol. The Hall–Kier alpha value is -2.09. The molecule has 1 atom stereocenters. The average molecular weight is 271 g/mol. The molecule has 0 bridgehead atoms. The molecule has 20 heavy (non-hydrogen) atoms. The molecule has 1 saturated heterocycles. The molecule has 1 unspecified atom stereocenters. The van der Waals surface area contributed by atoms with Crippen molar-refractivity contribution in [3.8, 4) is 6.07 Å². The number of nitrogens with zero attached hydrogens (tertiary/aromatic N) is 3. The SMILES string of the molecule is N#Cc1cc2c(nc1N1CCCC(C(=O)O)C1)CCC2. The third-order valence-electron chi connectivity index (χ3n) is 4.22. The Balaban J connectivity index is 1.93. The Kier molecular flexibility index (Phi) is 3.31. The summed E-state index contributed by atoms with van der Waals surface area (Å²) in [6.45, 7) is 1.24. The highest BCUT2D eigenvalue weighted by molar-refractivity contribution is 5.71. The van der Waals surface area contributed by atoms with E-state index in [4.69, 9.17) is 0 Å². The van der Waals surface area contributed by atoms with Crippen molar-refractivity contribution in [3.63, 3.8) is 0 Å². The number of aromatic nitrogens is 1. The Morgan fingerprint density at radius 2 is 2.30 bits per heavy atom. The molecule has 0 amide bonds. The third-order valence-corrected chi connectivity index (χ3v) is 4.22. The van der Waals surface area contributed by atoms with Crippen LogP contribution in [0.2, 0.25) is 0 Å². The summed E-state index contributed by atoms with van der Waals surface area (Å²) >= 11 is 0. The van der Waals surface area contributed by atoms with Crippen LogP contribution in [-0.2, 0) is 17.6 Å². The minimum Gasteiger partial charge on any atom is -0.481 e. The van der Waals surface area contributed by atoms with Crippen LogP contribution in [0.15, 0.2) is 6.07 Å². The Bertz CT molecular complexity index is 592. The van der Waals surface area contributed by atoms with E-state index in [9.17, 15) is 15.2 Å². The molecule has 0 radical (unpaired) electrons. The fraction of sp³-hybridized carbons (Fsp3) is 0.533. The smallest absolute Gasteiger partial charge is 0.308 e. The summed E-state index contributed by atoms with van der Waals surface area (Å²) in [5.41, 5.74) is 2.84. The van der Waals surface area contributed by atoms with Gasteiger partial charge in [-0.25, -0.2) is 4.98 Å². The molecule has 104 valence electrons. The zero-order valence-electron chi connectivity index (χ0n) is 11.3. The van der Waals surface area contributed by atoms with Crippen LogP contribution in [0.4, 0.5) is 5.82 Å². The highest BCUT2D eigenvalue weighted by Gasteiger charge is 2.28. The normalized spacial score (nSPS) is 21.4. The number of hydrogen-bond acceptors (Lipinski definition) is 4. The number of pyridine rings is 1. The number of piperidine rings is 1. The maximum atomic E-state index is 11.2. The fourth-order valence-electron chi connectivity index (χ4n) is 3.16. The largest absolute Gasteiger partial charge is 0.481 e. The summed E-state index contributed by atoms with van der Waals surface area (Å²) in [4.78, 5) is 17.8. The molecule has 2 heterocycles. The Morgan fingerprint density at radius 1 is 1.45 bits per heavy atom. The molecule has 1 aliphatic heterocycles. The van der Waals surface area contributed by atoms with Crippen molar-refractivity contribution >= 4 is 11.8 Å². The number of nitriles is 1. The second-order valence-electron chi connectivity index (χ2n) is 5.55. The summed E-state index contributed by atoms with van der Waals surface area (Å²) in [5.74, 6) is -0.432. The molecule has 0 saturated carbocycles. The molecule has 1 aromatic heterocycles. The van der Waals surface area contributed by atoms with Crippen molar-refractivity contribution in [1.29, 1.82) is 5.26 Å². The predicted molar refractivity (Wildman–Crippen MR) is 73.5 cm³/mol. The van der Waals surface area contributed by atoms with Crippen LogP contribution in [0.25, 0.3) is 0 Å². The van der Waals surface area contributed by atoms with Crippen molar-refractivity contribution in [2.45, 2.75) is 32.1 Å². The summed E-state index contributed by atoms with van der Waals surface area (Å²) in [6, 6.07) is 4.15. The second kappa shape index (κ2) is 5.12. The zero-order chi connectivity index (χ0) is 14.1. The van der Waals surface area contributed by atoms with Crippen molar-refractivity contribution in [1.82, 2.24) is 4.98 Å². The van der Waals surface area contributed by atoms with E-state index >= 15 is 0 Å². The maximum absolute atomic E-state index is 11.2. The Morgan fingerprint density at radius 3 is 3.05 bits per heavy atom. The number of anilines is 1. The van der Waals surface area contributed by atoms with Crippen LogP contribution in [0, 0.1) is 17.2 Å². The van der Waals surface area contributed by atoms with Gasteiger partial charge < -0.3 is 10.0 Å². The first-order chi connectivity index (χ1) is 9.69. The van der Waals surface area contributed by atoms with Gasteiger partial charge in [0.25, 0.3) is 0 Å². The summed E-state index contributed by atoms with van der Waals surface area (Å²) < 4.78 is 0. The third kappa shape index (κ3) is 2.22. The van der Waals surface area contributed by atoms with Gasteiger partial charge in [0.05, 0.1) is 11.5 Å². The lowest BCUT2D eigenvalue weighted by atomic mass is 9.98. The molecule has 0 aromatic carbocycles. The number of fused-ring (bicyclic) bond motifs is 1. The lowest BCUT2D eigenvalue weighted by Gasteiger charge is -2.32. The van der Waals surface area contributed by atoms with Gasteiger partial charge in [0.15, 0.2) is 0 Å². The van der Waals surface area contributed by atoms with E-state index in [1.807, 2.05) is 11.0 Å². The van der Waals surface area contributed by atoms with Crippen LogP contribution in [-0.4, -0.2) is 29.1 Å². The fourth-order valence-corrected chi connectivity index (χ4v) is 3.16. The second-order valence-corrected chi connectivity index (χ2v) is 5.55. The summed E-state index contributed by atoms with van der Waals surface area (Å²) in [6.07, 6.45) is 4.59. The van der Waals surface area contributed by atoms with Gasteiger partial charge in [0, 0.05) is 18.8 Å². The van der Waals surface area contributed by atoms with E-state index in [1.165, 1.54) is 5.56 Å². The number of carboxylic acids is 1. The van der Waals surface area contributed by atoms with Crippen molar-refractivity contribution < 1.29 is 9.90 Å². The van der Waals surface area contributed by atoms with Gasteiger partial charge in [-0.3, -0.25) is 4.79 Å². The lowest BCUT2D eigenvalue weighted by Crippen LogP contribution is -2.39. The summed E-state index contributed by atoms with van der Waals surface area (Å²) in [5, 5.41) is 18.5. The molecule has 1 N–H and O–H groups in total. The molecular formula is C15H17N3O2. The lowest BCUT2D eigenvalue weighted by molar-refractivity contribution is -0.141. The van der Waals surface area contributed by atoms with Gasteiger partial charge in [-0.2, -0.15) is 5.26 Å². The molecule has 3 rings (SSSR count). The van der Waals surface area contributed by atoms with E-state index in [2.05, 4.69) is 11.1 Å². The molecule has 0 spiro atoms. The number of hydrogen-bond donors (Lipinski definition) is 1. The van der Waals surface area contributed by atoms with E-state index in [1.54, 1.807) is 0 Å². The van der Waals surface area contributed by atoms with Crippen molar-refractivity contribution in [2.75, 3.05) is 18.0 Å². The maximum Gasteiger partial charge on any atom is 0.308 e. The topological polar surface area (TPSA) is 77.2 Å². The molecular weight excluding hydrogens is 254 g/mol. The highest BCUT2D eigenvalue weighted by atomic mass is 16.4. The van der Waals surface area contributed by atoms with Crippen LogP contribution < -0.4 is 4.90 Å². The molecule has 1 aromatic rings. The molecule has 5 nitrogen and oxygen atoms in total. The van der Waals surface area contributed by atoms with Crippen LogP contribution in [0.5, 0.6) is 0 Å². The van der Waals surface area contributed by atoms with E-state index in [0.717, 1.165) is 37.9 Å². The van der Waals surface area contributed by atoms with Gasteiger partial charge in [0.2, 0.25) is 0 Å². The quantitative estimate of drug-likeness (QED) is 0.886. The van der Waals surface area contributed by atoms with Gasteiger partial charge in [0.1, 0.15) is 11.9 Å². The van der Waals surface area contributed by atoms with Gasteiger partial charge in [-0.05, 0) is 43.7 Å². The molecule has 5 heteroatoms. The van der Waals surface area contributed by atoms with Crippen molar-refractivity contribution in [2.24, 2.45) is 5.92 Å². The van der Waals surface area contributed by atoms with Crippen LogP contribution in [0.3, 0.4) is 0 Å². The minimum atomic E-state index is -0.755. The summed E-state index contributed by atoms with van der Waals surface area (Å²) in [7, 11) is 0. The van der Waals surface area contributed by atoms with Gasteiger partial charge in [-0.15, -0.1) is 0 Å². The first-order valence-corrected chi connectivity index (χ1v) is 7.09. The van der Waals surface area contributed by atoms with E-state index in [0.29, 0.717) is 24.3 Å². The molecule has 1 aliphatic carbocycles. The first-order valence-electron chi connectivity index (χ1n) is 7.09. The number of aryl methyl sites for hydroxylation is 2. The highest BCUT2D eigenvalue weighted by Crippen LogP contribution is 2.29. The molecule has 1 fully saturated rings. The number of aliphatic carboxylic acids is 1. The predicted octanol–water partition coefficient (Wildman–Crippen LogP) is 1.74. The van der Waals surface area contributed by atoms with Gasteiger partial charge >= 0.3 is 5.97 Å². The molecule has 2 aliphatic rings. The van der Waals surface area contributed by atoms with Gasteiger partial charge in [-0.1, -0.05) is 0 Å². The number of rotatable bonds is 2. The van der Waals surface area contributed by atoms with E-state index < -0.39 is 5.97 Å². The zero-order valence-corrected chi connectivity index (χ0v) is 11.3. The minimum absolute atomic E-state index is 0.356. The first kappa shape index (κ1) is 12.9. The van der Waals surface area contributed by atoms with Crippen molar-refractivity contribution in [3.05, 3.63) is 22.9 Å². The van der Waals surface area contributed by atoms with Crippen LogP contribution >= 0.6 is 0 Å². The number of carboxylic acid groups (broad SMARTS) is 1. The average Bonchev–Trinajstić information content (AvgIpc) is 2.93. The Labute approximate surface area is 117 Å². The number of carbonyl (C=O) groups is 1. The van der Waals surface area contributed by atoms with Crippen LogP contribution in [0.1, 0.15) is 36.1 Å².